The molecule has 0 bridgehead atoms. The van der Waals surface area contributed by atoms with Gasteiger partial charge in [-0.1, -0.05) is 11.2 Å². The molecule has 0 amide bonds. The van der Waals surface area contributed by atoms with E-state index in [9.17, 15) is 0 Å². The second kappa shape index (κ2) is 3.05. The van der Waals surface area contributed by atoms with Gasteiger partial charge in [0, 0.05) is 0 Å². The Morgan fingerprint density at radius 1 is 1.50 bits per heavy atom. The number of ether oxygens (including phenoxy) is 3. The molecule has 2 aliphatic rings. The van der Waals surface area contributed by atoms with E-state index in [1.54, 1.807) is 19.9 Å². The van der Waals surface area contributed by atoms with E-state index in [-0.39, 0.29) is 0 Å². The van der Waals surface area contributed by atoms with E-state index in [4.69, 9.17) is 19.4 Å². The fourth-order valence-electron chi connectivity index (χ4n) is 1.70. The summed E-state index contributed by atoms with van der Waals surface area (Å²) in [7, 11) is 0. The summed E-state index contributed by atoms with van der Waals surface area (Å²) in [6.07, 6.45) is 0.190. The molecular formula is C9H13NO4. The first-order chi connectivity index (χ1) is 6.57. The smallest absolute Gasteiger partial charge is 0.193 e. The summed E-state index contributed by atoms with van der Waals surface area (Å²) in [4.78, 5) is 0. The summed E-state index contributed by atoms with van der Waals surface area (Å²) in [5, 5.41) is 12.0. The molecule has 2 heterocycles. The van der Waals surface area contributed by atoms with E-state index in [2.05, 4.69) is 11.7 Å². The van der Waals surface area contributed by atoms with Gasteiger partial charge >= 0.3 is 0 Å². The normalized spacial score (nSPS) is 42.7. The van der Waals surface area contributed by atoms with Crippen LogP contribution in [0.2, 0.25) is 0 Å². The van der Waals surface area contributed by atoms with Gasteiger partial charge in [-0.3, -0.25) is 0 Å². The molecule has 0 aromatic rings. The summed E-state index contributed by atoms with van der Waals surface area (Å²) in [6, 6.07) is 0. The van der Waals surface area contributed by atoms with Crippen LogP contribution >= 0.6 is 0 Å². The summed E-state index contributed by atoms with van der Waals surface area (Å²) in [6.45, 7) is 7.15. The van der Waals surface area contributed by atoms with Crippen LogP contribution < -0.4 is 0 Å². The van der Waals surface area contributed by atoms with E-state index < -0.39 is 24.3 Å². The van der Waals surface area contributed by atoms with Crippen molar-refractivity contribution in [3.8, 4) is 0 Å². The lowest BCUT2D eigenvalue weighted by molar-refractivity contribution is -0.193. The van der Waals surface area contributed by atoms with E-state index >= 15 is 0 Å². The molecule has 5 heteroatoms. The predicted molar refractivity (Wildman–Crippen MR) is 48.1 cm³/mol. The van der Waals surface area contributed by atoms with Crippen LogP contribution in [0.1, 0.15) is 13.8 Å². The van der Waals surface area contributed by atoms with Gasteiger partial charge in [-0.2, -0.15) is 0 Å². The summed E-state index contributed by atoms with van der Waals surface area (Å²) < 4.78 is 16.4. The van der Waals surface area contributed by atoms with Crippen LogP contribution in [0.3, 0.4) is 0 Å². The van der Waals surface area contributed by atoms with Crippen LogP contribution in [-0.4, -0.2) is 35.2 Å². The monoisotopic (exact) mass is 199 g/mol. The minimum Gasteiger partial charge on any atom is -0.411 e. The number of hydrogen-bond donors (Lipinski definition) is 1. The molecule has 0 aromatic carbocycles. The molecule has 0 radical (unpaired) electrons. The fourth-order valence-corrected chi connectivity index (χ4v) is 1.70. The van der Waals surface area contributed by atoms with Crippen molar-refractivity contribution >= 4 is 5.71 Å². The maximum atomic E-state index is 8.81. The molecule has 14 heavy (non-hydrogen) atoms. The van der Waals surface area contributed by atoms with Crippen LogP contribution in [0.15, 0.2) is 17.8 Å². The highest BCUT2D eigenvalue weighted by Gasteiger charge is 2.52. The Morgan fingerprint density at radius 2 is 2.21 bits per heavy atom. The Balaban J connectivity index is 2.22. The first kappa shape index (κ1) is 9.64. The molecular weight excluding hydrogens is 186 g/mol. The van der Waals surface area contributed by atoms with Crippen LogP contribution in [-0.2, 0) is 14.2 Å². The van der Waals surface area contributed by atoms with Crippen LogP contribution in [0.4, 0.5) is 0 Å². The number of oxime groups is 1. The Hall–Kier alpha value is -0.910. The van der Waals surface area contributed by atoms with Crippen molar-refractivity contribution < 1.29 is 19.4 Å². The Bertz CT molecular complexity index is 287. The summed E-state index contributed by atoms with van der Waals surface area (Å²) in [5.74, 6) is -0.697. The van der Waals surface area contributed by atoms with Crippen LogP contribution in [0.25, 0.3) is 0 Å². The van der Waals surface area contributed by atoms with Crippen LogP contribution in [0, 0.1) is 0 Å². The third-order valence-corrected chi connectivity index (χ3v) is 2.25. The molecule has 1 N–H and O–H groups in total. The van der Waals surface area contributed by atoms with Gasteiger partial charge in [0.15, 0.2) is 18.2 Å². The third kappa shape index (κ3) is 1.33. The molecule has 2 fully saturated rings. The van der Waals surface area contributed by atoms with Crippen molar-refractivity contribution in [2.75, 3.05) is 0 Å². The lowest BCUT2D eigenvalue weighted by Gasteiger charge is -2.19. The second-order valence-electron chi connectivity index (χ2n) is 3.74. The zero-order chi connectivity index (χ0) is 10.3. The highest BCUT2D eigenvalue weighted by atomic mass is 16.8. The molecule has 3 atom stereocenters. The van der Waals surface area contributed by atoms with Crippen molar-refractivity contribution in [2.24, 2.45) is 5.16 Å². The minimum absolute atomic E-state index is 0.413. The number of fused-ring (bicyclic) bond motifs is 1. The van der Waals surface area contributed by atoms with Gasteiger partial charge in [0.05, 0.1) is 0 Å². The topological polar surface area (TPSA) is 60.3 Å². The Kier molecular flexibility index (Phi) is 2.10. The number of hydrogen-bond acceptors (Lipinski definition) is 5. The molecule has 0 aromatic heterocycles. The quantitative estimate of drug-likeness (QED) is 0.387. The van der Waals surface area contributed by atoms with E-state index in [1.807, 2.05) is 0 Å². The lowest BCUT2D eigenvalue weighted by Crippen LogP contribution is -2.29. The summed E-state index contributed by atoms with van der Waals surface area (Å²) in [5.41, 5.74) is 0.413. The van der Waals surface area contributed by atoms with Gasteiger partial charge in [-0.25, -0.2) is 0 Å². The maximum absolute atomic E-state index is 8.81. The molecule has 0 unspecified atom stereocenters. The average molecular weight is 199 g/mol. The lowest BCUT2D eigenvalue weighted by atomic mass is 10.1. The third-order valence-electron chi connectivity index (χ3n) is 2.25. The van der Waals surface area contributed by atoms with E-state index in [0.29, 0.717) is 5.71 Å². The maximum Gasteiger partial charge on any atom is 0.193 e. The minimum atomic E-state index is -0.697. The Morgan fingerprint density at radius 3 is 2.79 bits per heavy atom. The van der Waals surface area contributed by atoms with Crippen molar-refractivity contribution in [2.45, 2.75) is 38.1 Å². The molecule has 2 saturated heterocycles. The molecule has 0 saturated carbocycles. The van der Waals surface area contributed by atoms with Crippen molar-refractivity contribution in [3.05, 3.63) is 12.7 Å². The van der Waals surface area contributed by atoms with Gasteiger partial charge in [0.25, 0.3) is 0 Å². The van der Waals surface area contributed by atoms with Crippen molar-refractivity contribution in [3.63, 3.8) is 0 Å². The highest BCUT2D eigenvalue weighted by Crippen LogP contribution is 2.35. The summed E-state index contributed by atoms with van der Waals surface area (Å²) >= 11 is 0. The second-order valence-corrected chi connectivity index (χ2v) is 3.74. The van der Waals surface area contributed by atoms with E-state index in [1.165, 1.54) is 0 Å². The molecule has 2 rings (SSSR count). The standard InChI is InChI=1S/C9H13NO4/c1-4-5-6(10-11)7-8(12-5)14-9(2,3)13-7/h4-5,7-8,11H,1H2,2-3H3/b10-6+/t5-,7-,8-/m1/s1. The SMILES string of the molecule is C=C[C@H]1O[C@@H]2OC(C)(C)O[C@@H]2/C1=N/O. The average Bonchev–Trinajstić information content (AvgIpc) is 2.55. The van der Waals surface area contributed by atoms with Gasteiger partial charge in [-0.05, 0) is 13.8 Å². The highest BCUT2D eigenvalue weighted by molar-refractivity contribution is 5.96. The number of nitrogens with zero attached hydrogens (tertiary/aromatic N) is 1. The van der Waals surface area contributed by atoms with Crippen LogP contribution in [0.5, 0.6) is 0 Å². The van der Waals surface area contributed by atoms with Gasteiger partial charge in [0.1, 0.15) is 11.8 Å². The van der Waals surface area contributed by atoms with Gasteiger partial charge in [-0.15, -0.1) is 6.58 Å². The van der Waals surface area contributed by atoms with Gasteiger partial charge in [0.2, 0.25) is 0 Å². The van der Waals surface area contributed by atoms with Gasteiger partial charge < -0.3 is 19.4 Å². The molecule has 78 valence electrons. The molecule has 0 spiro atoms. The van der Waals surface area contributed by atoms with Crippen molar-refractivity contribution in [1.82, 2.24) is 0 Å². The number of rotatable bonds is 1. The predicted octanol–water partition coefficient (Wildman–Crippen LogP) is 0.879. The van der Waals surface area contributed by atoms with E-state index in [0.717, 1.165) is 0 Å². The Labute approximate surface area is 81.9 Å². The van der Waals surface area contributed by atoms with Crippen molar-refractivity contribution in [1.29, 1.82) is 0 Å². The zero-order valence-corrected chi connectivity index (χ0v) is 8.14. The largest absolute Gasteiger partial charge is 0.411 e. The zero-order valence-electron chi connectivity index (χ0n) is 8.14. The first-order valence-corrected chi connectivity index (χ1v) is 4.43. The molecule has 5 nitrogen and oxygen atoms in total. The molecule has 2 aliphatic heterocycles. The first-order valence-electron chi connectivity index (χ1n) is 4.43. The molecule has 0 aliphatic carbocycles. The fraction of sp³-hybridized carbons (Fsp3) is 0.667.